The number of aliphatic hydroxyl groups is 1. The molecule has 0 aromatic carbocycles. The molecule has 0 saturated carbocycles. The Kier molecular flexibility index (Phi) is 4.25. The van der Waals surface area contributed by atoms with Crippen LogP contribution in [0.15, 0.2) is 18.3 Å². The van der Waals surface area contributed by atoms with Gasteiger partial charge in [-0.1, -0.05) is 13.8 Å². The molecule has 0 saturated heterocycles. The molecule has 0 spiro atoms. The molecule has 0 aliphatic carbocycles. The Bertz CT molecular complexity index is 366. The molecule has 1 amide bonds. The van der Waals surface area contributed by atoms with Crippen LogP contribution in [0.5, 0.6) is 0 Å². The number of anilines is 1. The smallest absolute Gasteiger partial charge is 0.252 e. The first-order valence-corrected chi connectivity index (χ1v) is 5.19. The van der Waals surface area contributed by atoms with E-state index in [1.54, 1.807) is 18.3 Å². The fourth-order valence-electron chi connectivity index (χ4n) is 1.18. The molecule has 16 heavy (non-hydrogen) atoms. The summed E-state index contributed by atoms with van der Waals surface area (Å²) in [6, 6.07) is 3.24. The number of nitrogens with zero attached hydrogens (tertiary/aromatic N) is 1. The maximum atomic E-state index is 11.1. The first-order valence-electron chi connectivity index (χ1n) is 5.19. The molecular weight excluding hydrogens is 206 g/mol. The van der Waals surface area contributed by atoms with Crippen molar-refractivity contribution in [1.29, 1.82) is 0 Å². The van der Waals surface area contributed by atoms with Gasteiger partial charge in [-0.15, -0.1) is 0 Å². The summed E-state index contributed by atoms with van der Waals surface area (Å²) < 4.78 is 0. The third-order valence-electron chi connectivity index (χ3n) is 2.32. The number of aliphatic hydroxyl groups excluding tert-OH is 1. The molecule has 1 aromatic rings. The minimum absolute atomic E-state index is 0.147. The number of amides is 1. The van der Waals surface area contributed by atoms with Crippen molar-refractivity contribution >= 4 is 11.7 Å². The molecule has 1 unspecified atom stereocenters. The lowest BCUT2D eigenvalue weighted by molar-refractivity contribution is 0.1000. The van der Waals surface area contributed by atoms with Gasteiger partial charge >= 0.3 is 0 Å². The van der Waals surface area contributed by atoms with E-state index < -0.39 is 12.0 Å². The van der Waals surface area contributed by atoms with E-state index >= 15 is 0 Å². The van der Waals surface area contributed by atoms with Crippen molar-refractivity contribution in [3.8, 4) is 0 Å². The second-order valence-electron chi connectivity index (χ2n) is 3.96. The van der Waals surface area contributed by atoms with Gasteiger partial charge in [0.15, 0.2) is 0 Å². The number of rotatable bonds is 5. The molecule has 0 aliphatic heterocycles. The molecule has 0 radical (unpaired) electrons. The number of aromatic nitrogens is 1. The Morgan fingerprint density at radius 1 is 1.62 bits per heavy atom. The van der Waals surface area contributed by atoms with Crippen LogP contribution in [0.4, 0.5) is 5.82 Å². The Labute approximate surface area is 94.7 Å². The van der Waals surface area contributed by atoms with Crippen LogP contribution >= 0.6 is 0 Å². The van der Waals surface area contributed by atoms with Crippen molar-refractivity contribution in [1.82, 2.24) is 4.98 Å². The third-order valence-corrected chi connectivity index (χ3v) is 2.32. The summed E-state index contributed by atoms with van der Waals surface area (Å²) in [5.74, 6) is 0.0255. The highest BCUT2D eigenvalue weighted by Crippen LogP contribution is 2.11. The van der Waals surface area contributed by atoms with Gasteiger partial charge < -0.3 is 16.2 Å². The molecule has 0 aliphatic rings. The zero-order valence-electron chi connectivity index (χ0n) is 9.47. The highest BCUT2D eigenvalue weighted by atomic mass is 16.3. The molecule has 1 heterocycles. The van der Waals surface area contributed by atoms with Crippen LogP contribution in [0.25, 0.3) is 0 Å². The van der Waals surface area contributed by atoms with Crippen LogP contribution in [0.1, 0.15) is 24.2 Å². The van der Waals surface area contributed by atoms with Gasteiger partial charge in [0.2, 0.25) is 0 Å². The van der Waals surface area contributed by atoms with Crippen molar-refractivity contribution < 1.29 is 9.90 Å². The highest BCUT2D eigenvalue weighted by molar-refractivity contribution is 5.97. The van der Waals surface area contributed by atoms with Crippen LogP contribution in [0, 0.1) is 5.92 Å². The molecule has 5 nitrogen and oxygen atoms in total. The van der Waals surface area contributed by atoms with Gasteiger partial charge in [-0.25, -0.2) is 4.98 Å². The highest BCUT2D eigenvalue weighted by Gasteiger charge is 2.12. The van der Waals surface area contributed by atoms with Gasteiger partial charge in [0.05, 0.1) is 11.7 Å². The summed E-state index contributed by atoms with van der Waals surface area (Å²) >= 11 is 0. The Morgan fingerprint density at radius 2 is 2.31 bits per heavy atom. The SMILES string of the molecule is CC(C)C(O)CNc1ncccc1C(N)=O. The topological polar surface area (TPSA) is 88.2 Å². The number of nitrogens with one attached hydrogen (secondary N) is 1. The standard InChI is InChI=1S/C11H17N3O2/c1-7(2)9(15)6-14-11-8(10(12)16)4-3-5-13-11/h3-5,7,9,15H,6H2,1-2H3,(H2,12,16)(H,13,14). The summed E-state index contributed by atoms with van der Waals surface area (Å²) in [7, 11) is 0. The molecule has 0 bridgehead atoms. The lowest BCUT2D eigenvalue weighted by atomic mass is 10.1. The van der Waals surface area contributed by atoms with Crippen LogP contribution in [0.2, 0.25) is 0 Å². The molecule has 0 fully saturated rings. The second-order valence-corrected chi connectivity index (χ2v) is 3.96. The molecule has 1 atom stereocenters. The monoisotopic (exact) mass is 223 g/mol. The Hall–Kier alpha value is -1.62. The number of nitrogens with two attached hydrogens (primary N) is 1. The molecule has 4 N–H and O–H groups in total. The number of primary amides is 1. The summed E-state index contributed by atoms with van der Waals surface area (Å²) in [6.07, 6.45) is 1.08. The second kappa shape index (κ2) is 5.46. The summed E-state index contributed by atoms with van der Waals surface area (Å²) in [6.45, 7) is 4.18. The minimum atomic E-state index is -0.533. The van der Waals surface area contributed by atoms with E-state index in [9.17, 15) is 9.90 Å². The summed E-state index contributed by atoms with van der Waals surface area (Å²) in [5.41, 5.74) is 5.53. The number of pyridine rings is 1. The minimum Gasteiger partial charge on any atom is -0.391 e. The fourth-order valence-corrected chi connectivity index (χ4v) is 1.18. The van der Waals surface area contributed by atoms with E-state index in [2.05, 4.69) is 10.3 Å². The molecular formula is C11H17N3O2. The lowest BCUT2D eigenvalue weighted by Crippen LogP contribution is -2.26. The van der Waals surface area contributed by atoms with Crippen molar-refractivity contribution in [3.05, 3.63) is 23.9 Å². The van der Waals surface area contributed by atoms with Gasteiger partial charge in [0.25, 0.3) is 5.91 Å². The fraction of sp³-hybridized carbons (Fsp3) is 0.455. The van der Waals surface area contributed by atoms with E-state index in [0.717, 1.165) is 0 Å². The van der Waals surface area contributed by atoms with E-state index in [-0.39, 0.29) is 5.92 Å². The predicted molar refractivity (Wildman–Crippen MR) is 62.1 cm³/mol. The van der Waals surface area contributed by atoms with Gasteiger partial charge in [-0.3, -0.25) is 4.79 Å². The Balaban J connectivity index is 2.70. The van der Waals surface area contributed by atoms with Crippen molar-refractivity contribution in [2.24, 2.45) is 11.7 Å². The first kappa shape index (κ1) is 12.4. The van der Waals surface area contributed by atoms with E-state index in [1.807, 2.05) is 13.8 Å². The molecule has 5 heteroatoms. The Morgan fingerprint density at radius 3 is 2.88 bits per heavy atom. The van der Waals surface area contributed by atoms with Gasteiger partial charge in [0.1, 0.15) is 5.82 Å². The van der Waals surface area contributed by atoms with Gasteiger partial charge in [-0.2, -0.15) is 0 Å². The van der Waals surface area contributed by atoms with Crippen LogP contribution < -0.4 is 11.1 Å². The molecule has 1 rings (SSSR count). The lowest BCUT2D eigenvalue weighted by Gasteiger charge is -2.16. The number of carbonyl (C=O) groups is 1. The van der Waals surface area contributed by atoms with Crippen LogP contribution in [0.3, 0.4) is 0 Å². The van der Waals surface area contributed by atoms with E-state index in [1.165, 1.54) is 0 Å². The normalized spacial score (nSPS) is 12.5. The van der Waals surface area contributed by atoms with Crippen molar-refractivity contribution in [3.63, 3.8) is 0 Å². The maximum absolute atomic E-state index is 11.1. The molecule has 88 valence electrons. The van der Waals surface area contributed by atoms with Crippen LogP contribution in [-0.4, -0.2) is 28.6 Å². The zero-order valence-corrected chi connectivity index (χ0v) is 9.47. The zero-order chi connectivity index (χ0) is 12.1. The number of carbonyl (C=O) groups excluding carboxylic acids is 1. The molecule has 1 aromatic heterocycles. The first-order chi connectivity index (χ1) is 7.52. The van der Waals surface area contributed by atoms with E-state index in [4.69, 9.17) is 5.73 Å². The summed E-state index contributed by atoms with van der Waals surface area (Å²) in [4.78, 5) is 15.1. The third kappa shape index (κ3) is 3.20. The quantitative estimate of drug-likeness (QED) is 0.682. The van der Waals surface area contributed by atoms with Crippen molar-refractivity contribution in [2.45, 2.75) is 20.0 Å². The maximum Gasteiger partial charge on any atom is 0.252 e. The summed E-state index contributed by atoms with van der Waals surface area (Å²) in [5, 5.41) is 12.5. The van der Waals surface area contributed by atoms with E-state index in [0.29, 0.717) is 17.9 Å². The number of hydrogen-bond donors (Lipinski definition) is 3. The predicted octanol–water partition coefficient (Wildman–Crippen LogP) is 0.609. The average Bonchev–Trinajstić information content (AvgIpc) is 2.25. The van der Waals surface area contributed by atoms with Gasteiger partial charge in [0, 0.05) is 12.7 Å². The van der Waals surface area contributed by atoms with Crippen LogP contribution in [-0.2, 0) is 0 Å². The number of hydrogen-bond acceptors (Lipinski definition) is 4. The van der Waals surface area contributed by atoms with Gasteiger partial charge in [-0.05, 0) is 18.1 Å². The van der Waals surface area contributed by atoms with Crippen molar-refractivity contribution in [2.75, 3.05) is 11.9 Å². The average molecular weight is 223 g/mol. The largest absolute Gasteiger partial charge is 0.391 e.